The number of aliphatic hydroxyl groups is 1. The number of hydrogen-bond donors (Lipinski definition) is 1. The van der Waals surface area contributed by atoms with Crippen molar-refractivity contribution < 1.29 is 31.4 Å². The zero-order valence-electron chi connectivity index (χ0n) is 11.9. The predicted molar refractivity (Wildman–Crippen MR) is 67.8 cm³/mol. The van der Waals surface area contributed by atoms with Crippen LogP contribution < -0.4 is 0 Å². The highest BCUT2D eigenvalue weighted by Gasteiger charge is 2.57. The third-order valence-electron chi connectivity index (χ3n) is 4.02. The molecule has 1 aliphatic heterocycles. The van der Waals surface area contributed by atoms with Gasteiger partial charge in [-0.25, -0.2) is 0 Å². The molecule has 9 heteroatoms. The van der Waals surface area contributed by atoms with Crippen molar-refractivity contribution in [2.24, 2.45) is 0 Å². The Morgan fingerprint density at radius 3 is 2.09 bits per heavy atom. The largest absolute Gasteiger partial charge is 0.421 e. The van der Waals surface area contributed by atoms with Crippen LogP contribution in [0, 0.1) is 11.3 Å². The number of allylic oxidation sites excluding steroid dienone is 2. The molecule has 3 nitrogen and oxygen atoms in total. The molecule has 1 saturated heterocycles. The lowest BCUT2D eigenvalue weighted by Crippen LogP contribution is -2.49. The molecule has 1 atom stereocenters. The fourth-order valence-corrected chi connectivity index (χ4v) is 2.83. The van der Waals surface area contributed by atoms with Crippen LogP contribution in [-0.2, 0) is 0 Å². The van der Waals surface area contributed by atoms with Gasteiger partial charge in [-0.15, -0.1) is 0 Å². The van der Waals surface area contributed by atoms with E-state index in [1.165, 1.54) is 11.0 Å². The predicted octanol–water partition coefficient (Wildman–Crippen LogP) is 3.44. The van der Waals surface area contributed by atoms with Crippen LogP contribution in [0.5, 0.6) is 0 Å². The summed E-state index contributed by atoms with van der Waals surface area (Å²) in [5.74, 6) is 0. The number of halogens is 6. The Hall–Kier alpha value is -1.69. The smallest absolute Gasteiger partial charge is 0.376 e. The molecule has 1 heterocycles. The molecular weight excluding hydrogens is 326 g/mol. The molecule has 23 heavy (non-hydrogen) atoms. The number of nitrogens with zero attached hydrogens (tertiary/aromatic N) is 2. The molecule has 1 N–H and O–H groups in total. The van der Waals surface area contributed by atoms with Crippen LogP contribution in [0.1, 0.15) is 25.7 Å². The second kappa shape index (κ2) is 5.74. The van der Waals surface area contributed by atoms with Crippen molar-refractivity contribution in [3.63, 3.8) is 0 Å². The highest BCUT2D eigenvalue weighted by Crippen LogP contribution is 2.47. The Morgan fingerprint density at radius 1 is 1.09 bits per heavy atom. The Labute approximate surface area is 128 Å². The number of nitriles is 1. The fourth-order valence-electron chi connectivity index (χ4n) is 2.83. The van der Waals surface area contributed by atoms with Crippen molar-refractivity contribution in [3.8, 4) is 6.07 Å². The van der Waals surface area contributed by atoms with Gasteiger partial charge in [-0.1, -0.05) is 0 Å². The molecule has 1 aliphatic carbocycles. The molecule has 0 aromatic rings. The van der Waals surface area contributed by atoms with Gasteiger partial charge in [0.25, 0.3) is 0 Å². The van der Waals surface area contributed by atoms with Crippen molar-refractivity contribution >= 4 is 0 Å². The molecule has 1 unspecified atom stereocenters. The zero-order valence-corrected chi connectivity index (χ0v) is 11.9. The number of piperidine rings is 1. The molecule has 0 radical (unpaired) electrons. The van der Waals surface area contributed by atoms with Crippen LogP contribution in [0.4, 0.5) is 26.3 Å². The summed E-state index contributed by atoms with van der Waals surface area (Å²) in [5.41, 5.74) is -6.59. The molecule has 2 aliphatic rings. The van der Waals surface area contributed by atoms with E-state index in [0.717, 1.165) is 6.42 Å². The van der Waals surface area contributed by atoms with Crippen LogP contribution in [0.15, 0.2) is 22.9 Å². The molecule has 128 valence electrons. The topological polar surface area (TPSA) is 47.3 Å². The average molecular weight is 340 g/mol. The summed E-state index contributed by atoms with van der Waals surface area (Å²) in [6, 6.07) is 1.37. The van der Waals surface area contributed by atoms with Gasteiger partial charge in [-0.3, -0.25) is 0 Å². The number of alkyl halides is 6. The third kappa shape index (κ3) is 3.32. The van der Waals surface area contributed by atoms with Gasteiger partial charge in [0.15, 0.2) is 5.60 Å². The lowest BCUT2D eigenvalue weighted by atomic mass is 9.83. The van der Waals surface area contributed by atoms with Crippen LogP contribution >= 0.6 is 0 Å². The van der Waals surface area contributed by atoms with Crippen LogP contribution in [0.25, 0.3) is 0 Å². The maximum atomic E-state index is 13.1. The fraction of sp³-hybridized carbons (Fsp3) is 0.643. The second-order valence-electron chi connectivity index (χ2n) is 5.64. The highest BCUT2D eigenvalue weighted by atomic mass is 19.4. The average Bonchev–Trinajstić information content (AvgIpc) is 2.45. The quantitative estimate of drug-likeness (QED) is 0.744. The number of likely N-dealkylation sites (tertiary alicyclic amines) is 1. The monoisotopic (exact) mass is 340 g/mol. The van der Waals surface area contributed by atoms with Crippen molar-refractivity contribution in [1.82, 2.24) is 4.90 Å². The van der Waals surface area contributed by atoms with Gasteiger partial charge in [0.2, 0.25) is 0 Å². The van der Waals surface area contributed by atoms with Gasteiger partial charge in [-0.05, 0) is 25.3 Å². The van der Waals surface area contributed by atoms with Gasteiger partial charge in [0.05, 0.1) is 11.1 Å². The maximum Gasteiger partial charge on any atom is 0.421 e. The van der Waals surface area contributed by atoms with Gasteiger partial charge in [0.1, 0.15) is 6.07 Å². The van der Waals surface area contributed by atoms with E-state index in [1.54, 1.807) is 0 Å². The summed E-state index contributed by atoms with van der Waals surface area (Å²) in [5, 5.41) is 18.8. The lowest BCUT2D eigenvalue weighted by Gasteiger charge is -2.39. The first kappa shape index (κ1) is 17.7. The molecule has 0 bridgehead atoms. The Balaban J connectivity index is 2.58. The number of rotatable bonds is 1. The van der Waals surface area contributed by atoms with E-state index < -0.39 is 35.5 Å². The first-order valence-electron chi connectivity index (χ1n) is 6.97. The molecule has 2 rings (SSSR count). The van der Waals surface area contributed by atoms with E-state index in [4.69, 9.17) is 5.26 Å². The SMILES string of the molecule is N#CC1=C(N2CCCCC2)CC(O)(C(F)(F)F)C=C1C(F)(F)F. The van der Waals surface area contributed by atoms with Crippen molar-refractivity contribution in [2.45, 2.75) is 43.6 Å². The highest BCUT2D eigenvalue weighted by molar-refractivity contribution is 5.52. The van der Waals surface area contributed by atoms with Gasteiger partial charge in [-0.2, -0.15) is 31.6 Å². The summed E-state index contributed by atoms with van der Waals surface area (Å²) in [6.07, 6.45) is -9.76. The molecule has 0 aromatic carbocycles. The van der Waals surface area contributed by atoms with Gasteiger partial charge in [0, 0.05) is 25.2 Å². The summed E-state index contributed by atoms with van der Waals surface area (Å²) in [4.78, 5) is 1.34. The van der Waals surface area contributed by atoms with Gasteiger partial charge < -0.3 is 10.0 Å². The maximum absolute atomic E-state index is 13.1. The lowest BCUT2D eigenvalue weighted by molar-refractivity contribution is -0.242. The summed E-state index contributed by atoms with van der Waals surface area (Å²) < 4.78 is 78.5. The number of hydrogen-bond acceptors (Lipinski definition) is 3. The Kier molecular flexibility index (Phi) is 4.41. The van der Waals surface area contributed by atoms with Crippen LogP contribution in [0.3, 0.4) is 0 Å². The Bertz CT molecular complexity index is 578. The molecule has 1 fully saturated rings. The van der Waals surface area contributed by atoms with Crippen LogP contribution in [0.2, 0.25) is 0 Å². The third-order valence-corrected chi connectivity index (χ3v) is 4.02. The normalized spacial score (nSPS) is 26.9. The van der Waals surface area contributed by atoms with Crippen molar-refractivity contribution in [2.75, 3.05) is 13.1 Å². The van der Waals surface area contributed by atoms with Crippen molar-refractivity contribution in [1.29, 1.82) is 5.26 Å². The minimum Gasteiger partial charge on any atom is -0.376 e. The van der Waals surface area contributed by atoms with E-state index in [0.29, 0.717) is 12.8 Å². The minimum absolute atomic E-state index is 0.263. The minimum atomic E-state index is -5.27. The molecule has 0 spiro atoms. The first-order chi connectivity index (χ1) is 10.5. The zero-order chi connectivity index (χ0) is 17.5. The Morgan fingerprint density at radius 2 is 1.65 bits per heavy atom. The summed E-state index contributed by atoms with van der Waals surface area (Å²) in [6.45, 7) is 0.527. The van der Waals surface area contributed by atoms with Gasteiger partial charge >= 0.3 is 12.4 Å². The second-order valence-corrected chi connectivity index (χ2v) is 5.64. The van der Waals surface area contributed by atoms with E-state index in [2.05, 4.69) is 0 Å². The van der Waals surface area contributed by atoms with E-state index >= 15 is 0 Å². The van der Waals surface area contributed by atoms with Crippen LogP contribution in [-0.4, -0.2) is 41.0 Å². The van der Waals surface area contributed by atoms with E-state index in [-0.39, 0.29) is 24.9 Å². The molecule has 0 aromatic heterocycles. The summed E-state index contributed by atoms with van der Waals surface area (Å²) >= 11 is 0. The molecule has 0 amide bonds. The molecule has 0 saturated carbocycles. The van der Waals surface area contributed by atoms with Crippen molar-refractivity contribution in [3.05, 3.63) is 22.9 Å². The molecular formula is C14H14F6N2O. The first-order valence-corrected chi connectivity index (χ1v) is 6.97. The van der Waals surface area contributed by atoms with E-state index in [1.807, 2.05) is 0 Å². The standard InChI is InChI=1S/C14H14F6N2O/c15-13(16,17)10-6-12(23,14(18,19)20)7-11(9(10)8-21)22-4-2-1-3-5-22/h6,23H,1-5,7H2. The summed E-state index contributed by atoms with van der Waals surface area (Å²) in [7, 11) is 0. The van der Waals surface area contributed by atoms with E-state index in [9.17, 15) is 31.4 Å².